The van der Waals surface area contributed by atoms with Crippen LogP contribution >= 0.6 is 0 Å². The zero-order valence-corrected chi connectivity index (χ0v) is 12.6. The van der Waals surface area contributed by atoms with Crippen LogP contribution in [0.1, 0.15) is 24.8 Å². The number of hydrogen-bond donors (Lipinski definition) is 2. The normalized spacial score (nSPS) is 22.7. The van der Waals surface area contributed by atoms with E-state index in [2.05, 4.69) is 10.1 Å². The fourth-order valence-electron chi connectivity index (χ4n) is 2.62. The van der Waals surface area contributed by atoms with E-state index in [0.717, 1.165) is 5.56 Å². The van der Waals surface area contributed by atoms with Crippen molar-refractivity contribution in [3.63, 3.8) is 0 Å². The summed E-state index contributed by atoms with van der Waals surface area (Å²) in [5.74, 6) is -0.315. The number of amides is 1. The Hall–Kier alpha value is -2.08. The highest BCUT2D eigenvalue weighted by Crippen LogP contribution is 2.48. The molecule has 1 saturated carbocycles. The number of aliphatic hydroxyl groups is 1. The van der Waals surface area contributed by atoms with E-state index in [-0.39, 0.29) is 31.5 Å². The van der Waals surface area contributed by atoms with Crippen LogP contribution in [0.25, 0.3) is 0 Å². The first-order valence-electron chi connectivity index (χ1n) is 7.26. The van der Waals surface area contributed by atoms with E-state index >= 15 is 0 Å². The molecule has 22 heavy (non-hydrogen) atoms. The minimum absolute atomic E-state index is 0.0222. The average Bonchev–Trinajstić information content (AvgIpc) is 3.18. The Morgan fingerprint density at radius 3 is 2.73 bits per heavy atom. The van der Waals surface area contributed by atoms with Crippen molar-refractivity contribution in [3.05, 3.63) is 35.9 Å². The largest absolute Gasteiger partial charge is 0.469 e. The number of aliphatic hydroxyl groups excluding tert-OH is 1. The van der Waals surface area contributed by atoms with E-state index in [1.807, 2.05) is 30.3 Å². The van der Waals surface area contributed by atoms with Crippen LogP contribution in [0, 0.1) is 5.92 Å². The van der Waals surface area contributed by atoms with E-state index in [9.17, 15) is 9.59 Å². The van der Waals surface area contributed by atoms with Gasteiger partial charge in [0, 0.05) is 6.61 Å². The van der Waals surface area contributed by atoms with Gasteiger partial charge in [-0.05, 0) is 24.3 Å². The Kier molecular flexibility index (Phi) is 5.38. The highest BCUT2D eigenvalue weighted by molar-refractivity contribution is 5.75. The van der Waals surface area contributed by atoms with Gasteiger partial charge in [0.15, 0.2) is 0 Å². The summed E-state index contributed by atoms with van der Waals surface area (Å²) in [7, 11) is 1.31. The number of methoxy groups -OCH3 is 1. The standard InChI is InChI=1S/C16H21NO5/c1-21-14(19)10-16(9-13(16)7-8-18)17-15(20)22-11-12-5-3-2-4-6-12/h2-6,13,18H,7-11H2,1H3,(H,17,20). The number of rotatable bonds is 7. The van der Waals surface area contributed by atoms with Gasteiger partial charge in [0.1, 0.15) is 6.61 Å². The summed E-state index contributed by atoms with van der Waals surface area (Å²) in [6, 6.07) is 9.35. The molecule has 1 aliphatic rings. The highest BCUT2D eigenvalue weighted by Gasteiger charge is 2.56. The lowest BCUT2D eigenvalue weighted by atomic mass is 10.1. The van der Waals surface area contributed by atoms with E-state index < -0.39 is 11.6 Å². The molecule has 2 atom stereocenters. The quantitative estimate of drug-likeness (QED) is 0.748. The zero-order chi connectivity index (χ0) is 16.0. The molecule has 0 saturated heterocycles. The lowest BCUT2D eigenvalue weighted by Gasteiger charge is -2.18. The van der Waals surface area contributed by atoms with Gasteiger partial charge in [0.25, 0.3) is 0 Å². The van der Waals surface area contributed by atoms with Gasteiger partial charge in [-0.1, -0.05) is 30.3 Å². The number of alkyl carbamates (subject to hydrolysis) is 1. The summed E-state index contributed by atoms with van der Waals surface area (Å²) >= 11 is 0. The predicted molar refractivity (Wildman–Crippen MR) is 78.9 cm³/mol. The van der Waals surface area contributed by atoms with Gasteiger partial charge in [-0.15, -0.1) is 0 Å². The molecule has 120 valence electrons. The number of carbonyl (C=O) groups is 2. The van der Waals surface area contributed by atoms with Crippen LogP contribution in [-0.2, 0) is 20.9 Å². The Labute approximate surface area is 129 Å². The first kappa shape index (κ1) is 16.3. The third-order valence-corrected chi connectivity index (χ3v) is 3.96. The van der Waals surface area contributed by atoms with E-state index in [4.69, 9.17) is 9.84 Å². The molecule has 1 amide bonds. The van der Waals surface area contributed by atoms with Crippen molar-refractivity contribution in [2.24, 2.45) is 5.92 Å². The van der Waals surface area contributed by atoms with Crippen LogP contribution in [0.5, 0.6) is 0 Å². The number of benzene rings is 1. The molecule has 1 aromatic carbocycles. The maximum Gasteiger partial charge on any atom is 0.407 e. The number of esters is 1. The van der Waals surface area contributed by atoms with Gasteiger partial charge in [0.05, 0.1) is 19.1 Å². The van der Waals surface area contributed by atoms with Gasteiger partial charge in [-0.2, -0.15) is 0 Å². The Balaban J connectivity index is 1.87. The number of nitrogens with one attached hydrogen (secondary N) is 1. The van der Waals surface area contributed by atoms with Crippen molar-refractivity contribution in [3.8, 4) is 0 Å². The minimum atomic E-state index is -0.649. The molecule has 1 fully saturated rings. The van der Waals surface area contributed by atoms with E-state index in [1.54, 1.807) is 0 Å². The third-order valence-electron chi connectivity index (χ3n) is 3.96. The molecule has 0 aliphatic heterocycles. The summed E-state index contributed by atoms with van der Waals surface area (Å²) in [5, 5.41) is 11.8. The minimum Gasteiger partial charge on any atom is -0.469 e. The van der Waals surface area contributed by atoms with Crippen molar-refractivity contribution >= 4 is 12.1 Å². The number of carbonyl (C=O) groups excluding carboxylic acids is 2. The fraction of sp³-hybridized carbons (Fsp3) is 0.500. The smallest absolute Gasteiger partial charge is 0.407 e. The predicted octanol–water partition coefficient (Wildman–Crippen LogP) is 1.62. The summed E-state index contributed by atoms with van der Waals surface area (Å²) < 4.78 is 9.85. The van der Waals surface area contributed by atoms with Crippen molar-refractivity contribution in [2.75, 3.05) is 13.7 Å². The molecular formula is C16H21NO5. The van der Waals surface area contributed by atoms with Gasteiger partial charge in [0.2, 0.25) is 0 Å². The van der Waals surface area contributed by atoms with Crippen LogP contribution < -0.4 is 5.32 Å². The number of ether oxygens (including phenoxy) is 2. The Morgan fingerprint density at radius 1 is 1.36 bits per heavy atom. The molecule has 0 heterocycles. The molecule has 0 radical (unpaired) electrons. The van der Waals surface area contributed by atoms with E-state index in [1.165, 1.54) is 7.11 Å². The van der Waals surface area contributed by atoms with Crippen molar-refractivity contribution in [2.45, 2.75) is 31.4 Å². The summed E-state index contributed by atoms with van der Waals surface area (Å²) in [4.78, 5) is 23.4. The molecule has 2 N–H and O–H groups in total. The molecule has 0 spiro atoms. The molecule has 0 aromatic heterocycles. The lowest BCUT2D eigenvalue weighted by Crippen LogP contribution is -2.41. The topological polar surface area (TPSA) is 84.9 Å². The van der Waals surface area contributed by atoms with Crippen molar-refractivity contribution in [1.82, 2.24) is 5.32 Å². The first-order valence-corrected chi connectivity index (χ1v) is 7.26. The summed E-state index contributed by atoms with van der Waals surface area (Å²) in [5.41, 5.74) is 0.242. The SMILES string of the molecule is COC(=O)CC1(NC(=O)OCc2ccccc2)CC1CCO. The number of hydrogen-bond acceptors (Lipinski definition) is 5. The molecule has 2 unspecified atom stereocenters. The van der Waals surface area contributed by atoms with Gasteiger partial charge in [-0.3, -0.25) is 4.79 Å². The molecule has 2 rings (SSSR count). The second-order valence-electron chi connectivity index (χ2n) is 5.51. The van der Waals surface area contributed by atoms with Crippen LogP contribution in [0.2, 0.25) is 0 Å². The van der Waals surface area contributed by atoms with E-state index in [0.29, 0.717) is 12.8 Å². The van der Waals surface area contributed by atoms with Crippen LogP contribution in [0.4, 0.5) is 4.79 Å². The average molecular weight is 307 g/mol. The molecule has 6 heteroatoms. The fourth-order valence-corrected chi connectivity index (χ4v) is 2.62. The van der Waals surface area contributed by atoms with Gasteiger partial charge < -0.3 is 19.9 Å². The van der Waals surface area contributed by atoms with Gasteiger partial charge >= 0.3 is 12.1 Å². The molecule has 0 bridgehead atoms. The maximum absolute atomic E-state index is 11.9. The van der Waals surface area contributed by atoms with Crippen molar-refractivity contribution in [1.29, 1.82) is 0 Å². The van der Waals surface area contributed by atoms with Crippen LogP contribution in [0.15, 0.2) is 30.3 Å². The lowest BCUT2D eigenvalue weighted by molar-refractivity contribution is -0.141. The molecular weight excluding hydrogens is 286 g/mol. The second kappa shape index (κ2) is 7.26. The van der Waals surface area contributed by atoms with Crippen LogP contribution in [0.3, 0.4) is 0 Å². The third kappa shape index (κ3) is 4.21. The highest BCUT2D eigenvalue weighted by atomic mass is 16.5. The van der Waals surface area contributed by atoms with Crippen LogP contribution in [-0.4, -0.2) is 36.4 Å². The second-order valence-corrected chi connectivity index (χ2v) is 5.51. The zero-order valence-electron chi connectivity index (χ0n) is 12.6. The van der Waals surface area contributed by atoms with Crippen molar-refractivity contribution < 1.29 is 24.2 Å². The summed E-state index contributed by atoms with van der Waals surface area (Å²) in [6.07, 6.45) is 0.710. The monoisotopic (exact) mass is 307 g/mol. The summed E-state index contributed by atoms with van der Waals surface area (Å²) in [6.45, 7) is 0.194. The Morgan fingerprint density at radius 2 is 2.09 bits per heavy atom. The molecule has 1 aliphatic carbocycles. The first-order chi connectivity index (χ1) is 10.6. The Bertz CT molecular complexity index is 519. The van der Waals surface area contributed by atoms with Gasteiger partial charge in [-0.25, -0.2) is 4.79 Å². The maximum atomic E-state index is 11.9. The molecule has 1 aromatic rings. The molecule has 6 nitrogen and oxygen atoms in total.